The van der Waals surface area contributed by atoms with Crippen LogP contribution in [0.3, 0.4) is 0 Å². The summed E-state index contributed by atoms with van der Waals surface area (Å²) in [6.07, 6.45) is 8.29. The van der Waals surface area contributed by atoms with E-state index < -0.39 is 0 Å². The fourth-order valence-corrected chi connectivity index (χ4v) is 2.93. The Balaban J connectivity index is 1.90. The molecule has 0 aliphatic heterocycles. The van der Waals surface area contributed by atoms with Crippen LogP contribution in [0.5, 0.6) is 0 Å². The average Bonchev–Trinajstić information content (AvgIpc) is 2.76. The van der Waals surface area contributed by atoms with Crippen molar-refractivity contribution in [2.75, 3.05) is 5.32 Å². The second-order valence-electron chi connectivity index (χ2n) is 4.93. The van der Waals surface area contributed by atoms with Crippen molar-refractivity contribution in [2.45, 2.75) is 37.1 Å². The SMILES string of the molecule is Cn1cnc2c(NC3CCCCC3Cl)nccc21. The van der Waals surface area contributed by atoms with Crippen molar-refractivity contribution < 1.29 is 0 Å². The summed E-state index contributed by atoms with van der Waals surface area (Å²) in [7, 11) is 1.99. The number of nitrogens with one attached hydrogen (secondary N) is 1. The van der Waals surface area contributed by atoms with E-state index in [1.165, 1.54) is 12.8 Å². The van der Waals surface area contributed by atoms with Crippen molar-refractivity contribution in [1.29, 1.82) is 0 Å². The number of hydrogen-bond acceptors (Lipinski definition) is 3. The van der Waals surface area contributed by atoms with Crippen LogP contribution in [0.25, 0.3) is 11.0 Å². The van der Waals surface area contributed by atoms with E-state index in [0.717, 1.165) is 29.7 Å². The van der Waals surface area contributed by atoms with Gasteiger partial charge >= 0.3 is 0 Å². The van der Waals surface area contributed by atoms with Gasteiger partial charge in [0.15, 0.2) is 5.82 Å². The molecule has 4 nitrogen and oxygen atoms in total. The van der Waals surface area contributed by atoms with E-state index in [0.29, 0.717) is 6.04 Å². The van der Waals surface area contributed by atoms with Gasteiger partial charge in [0, 0.05) is 19.3 Å². The maximum Gasteiger partial charge on any atom is 0.154 e. The van der Waals surface area contributed by atoms with Crippen molar-refractivity contribution in [3.05, 3.63) is 18.6 Å². The molecule has 2 unspecified atom stereocenters. The Bertz CT molecular complexity index is 551. The Morgan fingerprint density at radius 3 is 3.00 bits per heavy atom. The fourth-order valence-electron chi connectivity index (χ4n) is 2.59. The fraction of sp³-hybridized carbons (Fsp3) is 0.538. The molecule has 1 saturated carbocycles. The number of anilines is 1. The molecule has 2 aromatic heterocycles. The zero-order chi connectivity index (χ0) is 12.5. The van der Waals surface area contributed by atoms with Gasteiger partial charge < -0.3 is 9.88 Å². The predicted molar refractivity (Wildman–Crippen MR) is 74.0 cm³/mol. The quantitative estimate of drug-likeness (QED) is 0.848. The first-order valence-corrected chi connectivity index (χ1v) is 6.86. The maximum absolute atomic E-state index is 6.37. The smallest absolute Gasteiger partial charge is 0.154 e. The minimum Gasteiger partial charge on any atom is -0.364 e. The molecular formula is C13H17ClN4. The Labute approximate surface area is 111 Å². The summed E-state index contributed by atoms with van der Waals surface area (Å²) in [5.74, 6) is 0.852. The third-order valence-corrected chi connectivity index (χ3v) is 4.17. The summed E-state index contributed by atoms with van der Waals surface area (Å²) in [5, 5.41) is 3.66. The zero-order valence-corrected chi connectivity index (χ0v) is 11.2. The van der Waals surface area contributed by atoms with Crippen molar-refractivity contribution in [2.24, 2.45) is 7.05 Å². The lowest BCUT2D eigenvalue weighted by atomic mass is 9.95. The van der Waals surface area contributed by atoms with Gasteiger partial charge in [-0.25, -0.2) is 9.97 Å². The van der Waals surface area contributed by atoms with Crippen LogP contribution in [-0.4, -0.2) is 26.0 Å². The molecule has 0 bridgehead atoms. The minimum atomic E-state index is 0.194. The summed E-state index contributed by atoms with van der Waals surface area (Å²) in [5.41, 5.74) is 2.02. The molecule has 18 heavy (non-hydrogen) atoms. The van der Waals surface area contributed by atoms with Gasteiger partial charge in [-0.2, -0.15) is 0 Å². The lowest BCUT2D eigenvalue weighted by molar-refractivity contribution is 0.469. The predicted octanol–water partition coefficient (Wildman–Crippen LogP) is 2.93. The lowest BCUT2D eigenvalue weighted by Gasteiger charge is -2.28. The third-order valence-electron chi connectivity index (χ3n) is 3.65. The maximum atomic E-state index is 6.37. The number of alkyl halides is 1. The van der Waals surface area contributed by atoms with Crippen molar-refractivity contribution in [3.63, 3.8) is 0 Å². The van der Waals surface area contributed by atoms with Crippen molar-refractivity contribution >= 4 is 28.5 Å². The number of rotatable bonds is 2. The number of halogens is 1. The highest BCUT2D eigenvalue weighted by atomic mass is 35.5. The van der Waals surface area contributed by atoms with Crippen LogP contribution in [0.1, 0.15) is 25.7 Å². The molecular weight excluding hydrogens is 248 g/mol. The first-order chi connectivity index (χ1) is 8.75. The number of hydrogen-bond donors (Lipinski definition) is 1. The highest BCUT2D eigenvalue weighted by Gasteiger charge is 2.24. The molecule has 0 amide bonds. The van der Waals surface area contributed by atoms with Gasteiger partial charge in [-0.05, 0) is 18.9 Å². The van der Waals surface area contributed by atoms with E-state index in [2.05, 4.69) is 15.3 Å². The van der Waals surface area contributed by atoms with E-state index in [-0.39, 0.29) is 5.38 Å². The number of aryl methyl sites for hydroxylation is 1. The Morgan fingerprint density at radius 2 is 2.17 bits per heavy atom. The number of nitrogens with zero attached hydrogens (tertiary/aromatic N) is 3. The summed E-state index contributed by atoms with van der Waals surface area (Å²) < 4.78 is 2.00. The van der Waals surface area contributed by atoms with Gasteiger partial charge in [-0.1, -0.05) is 12.8 Å². The van der Waals surface area contributed by atoms with Gasteiger partial charge in [0.05, 0.1) is 17.2 Å². The van der Waals surface area contributed by atoms with E-state index in [1.54, 1.807) is 0 Å². The largest absolute Gasteiger partial charge is 0.364 e. The van der Waals surface area contributed by atoms with Gasteiger partial charge in [0.25, 0.3) is 0 Å². The van der Waals surface area contributed by atoms with Crippen LogP contribution in [-0.2, 0) is 7.05 Å². The van der Waals surface area contributed by atoms with E-state index in [4.69, 9.17) is 11.6 Å². The van der Waals surface area contributed by atoms with Crippen LogP contribution < -0.4 is 5.32 Å². The highest BCUT2D eigenvalue weighted by Crippen LogP contribution is 2.27. The van der Waals surface area contributed by atoms with Gasteiger partial charge in [0.1, 0.15) is 5.52 Å². The van der Waals surface area contributed by atoms with Gasteiger partial charge in [0.2, 0.25) is 0 Å². The third kappa shape index (κ3) is 2.05. The molecule has 1 fully saturated rings. The number of fused-ring (bicyclic) bond motifs is 1. The Morgan fingerprint density at radius 1 is 1.33 bits per heavy atom. The summed E-state index contributed by atoms with van der Waals surface area (Å²) in [6.45, 7) is 0. The average molecular weight is 265 g/mol. The van der Waals surface area contributed by atoms with E-state index in [1.807, 2.05) is 30.2 Å². The van der Waals surface area contributed by atoms with E-state index in [9.17, 15) is 0 Å². The van der Waals surface area contributed by atoms with Crippen LogP contribution in [0.2, 0.25) is 0 Å². The number of pyridine rings is 1. The number of imidazole rings is 1. The standard InChI is InChI=1S/C13H17ClN4/c1-18-8-16-12-11(18)6-7-15-13(12)17-10-5-3-2-4-9(10)14/h6-10H,2-5H2,1H3,(H,15,17). The molecule has 0 aromatic carbocycles. The molecule has 96 valence electrons. The normalized spacial score (nSPS) is 24.3. The molecule has 2 aromatic rings. The number of aromatic nitrogens is 3. The molecule has 2 heterocycles. The molecule has 1 aliphatic rings. The first-order valence-electron chi connectivity index (χ1n) is 6.42. The molecule has 1 aliphatic carbocycles. The van der Waals surface area contributed by atoms with Gasteiger partial charge in [-0.15, -0.1) is 11.6 Å². The molecule has 2 atom stereocenters. The molecule has 5 heteroatoms. The Hall–Kier alpha value is -1.29. The molecule has 1 N–H and O–H groups in total. The van der Waals surface area contributed by atoms with Crippen LogP contribution in [0.15, 0.2) is 18.6 Å². The lowest BCUT2D eigenvalue weighted by Crippen LogP contribution is -2.33. The summed E-state index contributed by atoms with van der Waals surface area (Å²) >= 11 is 6.37. The minimum absolute atomic E-state index is 0.194. The summed E-state index contributed by atoms with van der Waals surface area (Å²) in [6, 6.07) is 2.28. The van der Waals surface area contributed by atoms with Crippen molar-refractivity contribution in [1.82, 2.24) is 14.5 Å². The highest BCUT2D eigenvalue weighted by molar-refractivity contribution is 6.21. The molecule has 0 spiro atoms. The molecule has 0 saturated heterocycles. The van der Waals surface area contributed by atoms with Crippen molar-refractivity contribution in [3.8, 4) is 0 Å². The second kappa shape index (κ2) is 4.76. The second-order valence-corrected chi connectivity index (χ2v) is 5.49. The monoisotopic (exact) mass is 264 g/mol. The van der Waals surface area contributed by atoms with E-state index >= 15 is 0 Å². The summed E-state index contributed by atoms with van der Waals surface area (Å²) in [4.78, 5) is 8.81. The Kier molecular flexibility index (Phi) is 3.12. The van der Waals surface area contributed by atoms with Crippen LogP contribution in [0, 0.1) is 0 Å². The first kappa shape index (κ1) is 11.8. The van der Waals surface area contributed by atoms with Crippen LogP contribution in [0.4, 0.5) is 5.82 Å². The van der Waals surface area contributed by atoms with Crippen LogP contribution >= 0.6 is 11.6 Å². The molecule has 0 radical (unpaired) electrons. The zero-order valence-electron chi connectivity index (χ0n) is 10.4. The molecule has 3 rings (SSSR count). The van der Waals surface area contributed by atoms with Gasteiger partial charge in [-0.3, -0.25) is 0 Å². The topological polar surface area (TPSA) is 42.7 Å².